The third-order valence-electron chi connectivity index (χ3n) is 5.98. The number of rotatable bonds is 2. The van der Waals surface area contributed by atoms with E-state index in [2.05, 4.69) is 15.0 Å². The molecule has 3 amide bonds. The summed E-state index contributed by atoms with van der Waals surface area (Å²) >= 11 is 0. The summed E-state index contributed by atoms with van der Waals surface area (Å²) in [6.07, 6.45) is 6.48. The maximum absolute atomic E-state index is 12.6. The zero-order chi connectivity index (χ0) is 28.9. The van der Waals surface area contributed by atoms with Crippen LogP contribution in [0.3, 0.4) is 0 Å². The van der Waals surface area contributed by atoms with Gasteiger partial charge in [0.1, 0.15) is 11.6 Å². The summed E-state index contributed by atoms with van der Waals surface area (Å²) in [5.74, 6) is -1.35. The first-order chi connectivity index (χ1) is 18.3. The smallest absolute Gasteiger partial charge is 0.433 e. The molecule has 39 heavy (non-hydrogen) atoms. The van der Waals surface area contributed by atoms with E-state index < -0.39 is 41.9 Å². The van der Waals surface area contributed by atoms with Gasteiger partial charge >= 0.3 is 24.2 Å². The van der Waals surface area contributed by atoms with Gasteiger partial charge in [0.05, 0.1) is 30.3 Å². The Labute approximate surface area is 225 Å². The molecule has 4 N–H and O–H groups in total. The third-order valence-corrected chi connectivity index (χ3v) is 5.98. The van der Waals surface area contributed by atoms with Gasteiger partial charge in [0.15, 0.2) is 0 Å². The number of methoxy groups -OCH3 is 1. The van der Waals surface area contributed by atoms with Gasteiger partial charge in [-0.05, 0) is 63.5 Å². The Balaban J connectivity index is 2.20. The molecule has 0 radical (unpaired) electrons. The summed E-state index contributed by atoms with van der Waals surface area (Å²) in [4.78, 5) is 53.5. The summed E-state index contributed by atoms with van der Waals surface area (Å²) in [5.41, 5.74) is 0.283. The van der Waals surface area contributed by atoms with Gasteiger partial charge in [-0.2, -0.15) is 4.99 Å². The number of carbonyl (C=O) groups is 4. The molecule has 0 aromatic heterocycles. The Morgan fingerprint density at radius 1 is 1.05 bits per heavy atom. The molecule has 3 rings (SSSR count). The highest BCUT2D eigenvalue weighted by Gasteiger charge is 2.36. The third kappa shape index (κ3) is 7.35. The number of hydrogen-bond acceptors (Lipinski definition) is 8. The number of hydroxylamine groups is 2. The number of alkyl carbamates (subject to hydrolysis) is 1. The van der Waals surface area contributed by atoms with Crippen LogP contribution in [-0.2, 0) is 14.3 Å². The Morgan fingerprint density at radius 2 is 1.74 bits per heavy atom. The van der Waals surface area contributed by atoms with Gasteiger partial charge in [-0.15, -0.1) is 0 Å². The summed E-state index contributed by atoms with van der Waals surface area (Å²) in [5, 5.41) is 34.4. The topological polar surface area (TPSA) is 178 Å². The molecule has 0 unspecified atom stereocenters. The fourth-order valence-electron chi connectivity index (χ4n) is 4.32. The molecule has 2 atom stereocenters. The van der Waals surface area contributed by atoms with Crippen molar-refractivity contribution in [3.63, 3.8) is 0 Å². The Hall–Kier alpha value is -4.39. The molecule has 0 aromatic rings. The van der Waals surface area contributed by atoms with Crippen LogP contribution >= 0.6 is 0 Å². The minimum atomic E-state index is -1.51. The second kappa shape index (κ2) is 12.0. The van der Waals surface area contributed by atoms with Crippen LogP contribution < -0.4 is 5.32 Å². The van der Waals surface area contributed by atoms with Crippen molar-refractivity contribution in [1.29, 1.82) is 0 Å². The lowest BCUT2D eigenvalue weighted by molar-refractivity contribution is -0.142. The predicted octanol–water partition coefficient (Wildman–Crippen LogP) is 3.95. The number of aliphatic imine (C=N–C) groups is 1. The highest BCUT2D eigenvalue weighted by atomic mass is 16.6. The van der Waals surface area contributed by atoms with Crippen molar-refractivity contribution in [2.45, 2.75) is 64.1 Å². The van der Waals surface area contributed by atoms with Crippen LogP contribution in [0.25, 0.3) is 0 Å². The minimum Gasteiger partial charge on any atom is -0.480 e. The molecule has 0 fully saturated rings. The van der Waals surface area contributed by atoms with E-state index >= 15 is 0 Å². The lowest BCUT2D eigenvalue weighted by Crippen LogP contribution is -2.45. The minimum absolute atomic E-state index is 0.0288. The fourth-order valence-corrected chi connectivity index (χ4v) is 4.32. The normalized spacial score (nSPS) is 22.6. The van der Waals surface area contributed by atoms with Crippen molar-refractivity contribution in [2.24, 2.45) is 4.99 Å². The van der Waals surface area contributed by atoms with Gasteiger partial charge in [0.2, 0.25) is 0 Å². The van der Waals surface area contributed by atoms with E-state index in [1.807, 2.05) is 0 Å². The number of carboxylic acid groups (broad SMARTS) is 2. The molecule has 0 saturated heterocycles. The lowest BCUT2D eigenvalue weighted by atomic mass is 9.92. The van der Waals surface area contributed by atoms with Crippen LogP contribution in [-0.4, -0.2) is 80.1 Å². The van der Waals surface area contributed by atoms with Crippen LogP contribution in [0.1, 0.15) is 46.5 Å². The number of allylic oxidation sites excluding steroid dienone is 6. The van der Waals surface area contributed by atoms with Gasteiger partial charge in [-0.25, -0.2) is 24.2 Å². The average molecular weight is 545 g/mol. The number of hydrogen-bond donors (Lipinski definition) is 4. The summed E-state index contributed by atoms with van der Waals surface area (Å²) < 4.78 is 9.95. The number of fused-ring (bicyclic) bond motifs is 2. The first-order valence-corrected chi connectivity index (χ1v) is 12.2. The highest BCUT2D eigenvalue weighted by molar-refractivity contribution is 6.11. The standard InChI is InChI=1S/C26H32N4O9/c1-26(2,3)39-24(34)28-18-7-5-6-8-19(22(31)32)30(25(35)36)20-14-16(27-23(33)38-4)9-10-17(20)15-11-12-29(37)21(18)13-15/h9-14,18-19,37H,5-8H2,1-4H3,(H,28,34)(H,31,32)(H,35,36)/t18-,19+/m0/s1. The molecule has 1 aliphatic carbocycles. The first kappa shape index (κ1) is 29.2. The number of aliphatic carboxylic acids is 1. The molecule has 2 bridgehead atoms. The van der Waals surface area contributed by atoms with Crippen LogP contribution in [0.4, 0.5) is 14.4 Å². The Kier molecular flexibility index (Phi) is 8.96. The molecule has 3 aliphatic rings. The number of amides is 3. The van der Waals surface area contributed by atoms with Gasteiger partial charge in [0.25, 0.3) is 0 Å². The number of nitrogens with zero attached hydrogens (tertiary/aromatic N) is 3. The van der Waals surface area contributed by atoms with Gasteiger partial charge < -0.3 is 25.0 Å². The Morgan fingerprint density at radius 3 is 2.36 bits per heavy atom. The zero-order valence-corrected chi connectivity index (χ0v) is 22.1. The monoisotopic (exact) mass is 544 g/mol. The molecule has 0 aromatic carbocycles. The molecule has 13 nitrogen and oxygen atoms in total. The van der Waals surface area contributed by atoms with Gasteiger partial charge in [-0.3, -0.25) is 10.1 Å². The molecule has 2 heterocycles. The van der Waals surface area contributed by atoms with Gasteiger partial charge in [0, 0.05) is 11.8 Å². The maximum atomic E-state index is 12.6. The fraction of sp³-hybridized carbons (Fsp3) is 0.423. The molecule has 210 valence electrons. The van der Waals surface area contributed by atoms with Crippen LogP contribution in [0, 0.1) is 0 Å². The summed E-state index contributed by atoms with van der Waals surface area (Å²) in [6, 6.07) is -2.16. The molecule has 2 aliphatic heterocycles. The lowest BCUT2D eigenvalue weighted by Gasteiger charge is -2.34. The second-order valence-electron chi connectivity index (χ2n) is 9.96. The van der Waals surface area contributed by atoms with E-state index in [1.165, 1.54) is 30.5 Å². The first-order valence-electron chi connectivity index (χ1n) is 12.2. The van der Waals surface area contributed by atoms with Crippen molar-refractivity contribution in [3.8, 4) is 0 Å². The quantitative estimate of drug-likeness (QED) is 0.398. The van der Waals surface area contributed by atoms with E-state index in [0.29, 0.717) is 36.1 Å². The predicted molar refractivity (Wildman–Crippen MR) is 138 cm³/mol. The second-order valence-corrected chi connectivity index (χ2v) is 9.96. The van der Waals surface area contributed by atoms with Crippen molar-refractivity contribution < 1.29 is 44.1 Å². The molecular formula is C26H32N4O9. The number of nitrogens with one attached hydrogen (secondary N) is 1. The molecule has 0 saturated carbocycles. The zero-order valence-electron chi connectivity index (χ0n) is 22.1. The number of carboxylic acids is 1. The van der Waals surface area contributed by atoms with Gasteiger partial charge in [-0.1, -0.05) is 18.9 Å². The number of carbonyl (C=O) groups excluding carboxylic acids is 2. The van der Waals surface area contributed by atoms with E-state index in [0.717, 1.165) is 17.1 Å². The molecule has 13 heteroatoms. The summed E-state index contributed by atoms with van der Waals surface area (Å²) in [6.45, 7) is 5.16. The van der Waals surface area contributed by atoms with E-state index in [9.17, 15) is 34.6 Å². The SMILES string of the molecule is COC(=O)N=C1C=CC2=C3C=CN(O)C(=C3)[C@@H](NC(=O)OC(C)(C)C)CCCC[C@H](C(=O)O)N(C(=O)O)C2=C1. The van der Waals surface area contributed by atoms with Crippen molar-refractivity contribution >= 4 is 30.0 Å². The number of ether oxygens (including phenoxy) is 2. The van der Waals surface area contributed by atoms with E-state index in [1.54, 1.807) is 26.8 Å². The van der Waals surface area contributed by atoms with Crippen molar-refractivity contribution in [1.82, 2.24) is 15.3 Å². The van der Waals surface area contributed by atoms with Crippen LogP contribution in [0.2, 0.25) is 0 Å². The van der Waals surface area contributed by atoms with Crippen molar-refractivity contribution in [2.75, 3.05) is 7.11 Å². The van der Waals surface area contributed by atoms with Crippen molar-refractivity contribution in [3.05, 3.63) is 59.1 Å². The van der Waals surface area contributed by atoms with E-state index in [-0.39, 0.29) is 17.8 Å². The van der Waals surface area contributed by atoms with Crippen LogP contribution in [0.5, 0.6) is 0 Å². The average Bonchev–Trinajstić information content (AvgIpc) is 2.83. The summed E-state index contributed by atoms with van der Waals surface area (Å²) in [7, 11) is 1.14. The highest BCUT2D eigenvalue weighted by Crippen LogP contribution is 2.33. The maximum Gasteiger partial charge on any atom is 0.433 e. The van der Waals surface area contributed by atoms with Crippen LogP contribution in [0.15, 0.2) is 64.1 Å². The Bertz CT molecular complexity index is 1220. The molecular weight excluding hydrogens is 512 g/mol. The molecule has 0 spiro atoms. The van der Waals surface area contributed by atoms with E-state index in [4.69, 9.17) is 4.74 Å². The largest absolute Gasteiger partial charge is 0.480 e.